The van der Waals surface area contributed by atoms with Crippen molar-refractivity contribution in [2.45, 2.75) is 12.8 Å². The van der Waals surface area contributed by atoms with Gasteiger partial charge in [0.1, 0.15) is 5.82 Å². The van der Waals surface area contributed by atoms with E-state index in [9.17, 15) is 9.18 Å². The maximum Gasteiger partial charge on any atom is 0.256 e. The van der Waals surface area contributed by atoms with E-state index >= 15 is 0 Å². The van der Waals surface area contributed by atoms with E-state index in [-0.39, 0.29) is 17.4 Å². The van der Waals surface area contributed by atoms with Gasteiger partial charge in [0.15, 0.2) is 0 Å². The number of carbonyl (C=O) groups is 1. The Hall–Kier alpha value is -1.01. The molecule has 1 aromatic carbocycles. The minimum absolute atomic E-state index is 0.100. The van der Waals surface area contributed by atoms with Gasteiger partial charge in [-0.05, 0) is 40.9 Å². The Labute approximate surface area is 125 Å². The average molecular weight is 345 g/mol. The number of likely N-dealkylation sites (tertiary alicyclic amines) is 1. The molecule has 102 valence electrons. The lowest BCUT2D eigenvalue weighted by molar-refractivity contribution is 0.0705. The molecule has 1 aromatic rings. The fourth-order valence-electron chi connectivity index (χ4n) is 2.21. The summed E-state index contributed by atoms with van der Waals surface area (Å²) >= 11 is 8.05. The fourth-order valence-corrected chi connectivity index (χ4v) is 2.81. The topological polar surface area (TPSA) is 46.3 Å². The molecule has 0 aliphatic carbocycles. The molecule has 1 heterocycles. The number of rotatable bonds is 2. The molecule has 0 atom stereocenters. The van der Waals surface area contributed by atoms with Gasteiger partial charge >= 0.3 is 0 Å². The van der Waals surface area contributed by atoms with Crippen molar-refractivity contribution in [2.75, 3.05) is 13.1 Å². The molecule has 1 aliphatic heterocycles. The number of nitrogens with zero attached hydrogens (tertiary/aromatic N) is 1. The molecule has 0 bridgehead atoms. The molecular formula is C13H14BrFN2OS. The Kier molecular flexibility index (Phi) is 4.52. The second-order valence-electron chi connectivity index (χ2n) is 4.57. The van der Waals surface area contributed by atoms with E-state index in [1.807, 2.05) is 0 Å². The predicted octanol–water partition coefficient (Wildman–Crippen LogP) is 2.73. The molecule has 0 unspecified atom stereocenters. The summed E-state index contributed by atoms with van der Waals surface area (Å²) < 4.78 is 14.2. The SMILES string of the molecule is NC(=S)C1CCN(C(=O)c2cccc(Br)c2F)CC1. The Morgan fingerprint density at radius 1 is 1.42 bits per heavy atom. The number of carbonyl (C=O) groups excluding carboxylic acids is 1. The van der Waals surface area contributed by atoms with E-state index in [4.69, 9.17) is 18.0 Å². The molecule has 0 spiro atoms. The number of thiocarbonyl (C=S) groups is 1. The summed E-state index contributed by atoms with van der Waals surface area (Å²) in [6, 6.07) is 4.73. The lowest BCUT2D eigenvalue weighted by Gasteiger charge is -2.31. The van der Waals surface area contributed by atoms with Crippen LogP contribution in [0.1, 0.15) is 23.2 Å². The zero-order valence-electron chi connectivity index (χ0n) is 10.2. The highest BCUT2D eigenvalue weighted by molar-refractivity contribution is 9.10. The molecule has 1 saturated heterocycles. The molecule has 6 heteroatoms. The van der Waals surface area contributed by atoms with Gasteiger partial charge in [0.25, 0.3) is 5.91 Å². The summed E-state index contributed by atoms with van der Waals surface area (Å²) in [5.74, 6) is -0.601. The Balaban J connectivity index is 2.09. The van der Waals surface area contributed by atoms with Gasteiger partial charge in [0.2, 0.25) is 0 Å². The number of amides is 1. The van der Waals surface area contributed by atoms with E-state index in [1.165, 1.54) is 6.07 Å². The lowest BCUT2D eigenvalue weighted by Crippen LogP contribution is -2.41. The molecule has 3 nitrogen and oxygen atoms in total. The van der Waals surface area contributed by atoms with Crippen molar-refractivity contribution < 1.29 is 9.18 Å². The van der Waals surface area contributed by atoms with Crippen molar-refractivity contribution in [3.8, 4) is 0 Å². The highest BCUT2D eigenvalue weighted by Crippen LogP contribution is 2.23. The molecule has 2 N–H and O–H groups in total. The van der Waals surface area contributed by atoms with Gasteiger partial charge in [-0.15, -0.1) is 0 Å². The van der Waals surface area contributed by atoms with Crippen LogP contribution in [0.2, 0.25) is 0 Å². The van der Waals surface area contributed by atoms with Crippen molar-refractivity contribution in [3.63, 3.8) is 0 Å². The smallest absolute Gasteiger partial charge is 0.256 e. The standard InChI is InChI=1S/C13H14BrFN2OS/c14-10-3-1-2-9(11(10)15)13(18)17-6-4-8(5-7-17)12(16)19/h1-3,8H,4-7H2,(H2,16,19). The zero-order chi connectivity index (χ0) is 14.0. The van der Waals surface area contributed by atoms with Gasteiger partial charge in [-0.3, -0.25) is 4.79 Å². The van der Waals surface area contributed by atoms with Gasteiger partial charge < -0.3 is 10.6 Å². The molecule has 1 amide bonds. The minimum atomic E-state index is -0.510. The highest BCUT2D eigenvalue weighted by atomic mass is 79.9. The Bertz CT molecular complexity index is 515. The molecule has 1 fully saturated rings. The maximum atomic E-state index is 13.9. The normalized spacial score (nSPS) is 16.4. The van der Waals surface area contributed by atoms with Crippen molar-refractivity contribution in [1.29, 1.82) is 0 Å². The Morgan fingerprint density at radius 3 is 2.63 bits per heavy atom. The van der Waals surface area contributed by atoms with Crippen molar-refractivity contribution in [3.05, 3.63) is 34.1 Å². The summed E-state index contributed by atoms with van der Waals surface area (Å²) in [5.41, 5.74) is 5.71. The first kappa shape index (κ1) is 14.4. The Morgan fingerprint density at radius 2 is 2.05 bits per heavy atom. The average Bonchev–Trinajstić information content (AvgIpc) is 2.41. The molecule has 2 rings (SSSR count). The van der Waals surface area contributed by atoms with Crippen LogP contribution in [0.15, 0.2) is 22.7 Å². The van der Waals surface area contributed by atoms with E-state index in [0.29, 0.717) is 22.6 Å². The number of halogens is 2. The minimum Gasteiger partial charge on any atom is -0.393 e. The largest absolute Gasteiger partial charge is 0.393 e. The molecule has 1 aliphatic rings. The zero-order valence-corrected chi connectivity index (χ0v) is 12.6. The van der Waals surface area contributed by atoms with E-state index in [2.05, 4.69) is 15.9 Å². The summed E-state index contributed by atoms with van der Waals surface area (Å²) in [4.78, 5) is 14.4. The van der Waals surface area contributed by atoms with Crippen LogP contribution in [0.3, 0.4) is 0 Å². The summed E-state index contributed by atoms with van der Waals surface area (Å²) in [7, 11) is 0. The second kappa shape index (κ2) is 5.96. The summed E-state index contributed by atoms with van der Waals surface area (Å²) in [6.45, 7) is 1.12. The van der Waals surface area contributed by atoms with Gasteiger partial charge in [-0.2, -0.15) is 0 Å². The summed E-state index contributed by atoms with van der Waals surface area (Å²) in [5, 5.41) is 0. The number of hydrogen-bond acceptors (Lipinski definition) is 2. The third-order valence-electron chi connectivity index (χ3n) is 3.37. The van der Waals surface area contributed by atoms with Crippen molar-refractivity contribution >= 4 is 39.0 Å². The van der Waals surface area contributed by atoms with Crippen LogP contribution >= 0.6 is 28.1 Å². The van der Waals surface area contributed by atoms with Crippen LogP contribution in [0.25, 0.3) is 0 Å². The molecule has 0 aromatic heterocycles. The maximum absolute atomic E-state index is 13.9. The van der Waals surface area contributed by atoms with E-state index in [0.717, 1.165) is 12.8 Å². The first-order valence-electron chi connectivity index (χ1n) is 6.03. The van der Waals surface area contributed by atoms with Crippen molar-refractivity contribution in [2.24, 2.45) is 11.7 Å². The molecule has 19 heavy (non-hydrogen) atoms. The summed E-state index contributed by atoms with van der Waals surface area (Å²) in [6.07, 6.45) is 1.49. The van der Waals surface area contributed by atoms with Gasteiger partial charge in [-0.1, -0.05) is 18.3 Å². The monoisotopic (exact) mass is 344 g/mol. The number of hydrogen-bond donors (Lipinski definition) is 1. The molecule has 0 radical (unpaired) electrons. The van der Waals surface area contributed by atoms with Crippen LogP contribution in [-0.4, -0.2) is 28.9 Å². The lowest BCUT2D eigenvalue weighted by atomic mass is 9.96. The van der Waals surface area contributed by atoms with Gasteiger partial charge in [0, 0.05) is 19.0 Å². The first-order chi connectivity index (χ1) is 9.00. The van der Waals surface area contributed by atoms with Crippen LogP contribution in [0.4, 0.5) is 4.39 Å². The van der Waals surface area contributed by atoms with Crippen LogP contribution < -0.4 is 5.73 Å². The second-order valence-corrected chi connectivity index (χ2v) is 5.90. The van der Waals surface area contributed by atoms with E-state index in [1.54, 1.807) is 17.0 Å². The van der Waals surface area contributed by atoms with Crippen LogP contribution in [0, 0.1) is 11.7 Å². The van der Waals surface area contributed by atoms with Crippen molar-refractivity contribution in [1.82, 2.24) is 4.90 Å². The highest BCUT2D eigenvalue weighted by Gasteiger charge is 2.26. The number of piperidine rings is 1. The molecule has 0 saturated carbocycles. The van der Waals surface area contributed by atoms with Crippen LogP contribution in [-0.2, 0) is 0 Å². The quantitative estimate of drug-likeness (QED) is 0.839. The first-order valence-corrected chi connectivity index (χ1v) is 7.23. The number of nitrogens with two attached hydrogens (primary N) is 1. The molecular weight excluding hydrogens is 331 g/mol. The fraction of sp³-hybridized carbons (Fsp3) is 0.385. The number of benzene rings is 1. The van der Waals surface area contributed by atoms with E-state index < -0.39 is 5.82 Å². The van der Waals surface area contributed by atoms with Gasteiger partial charge in [0.05, 0.1) is 15.0 Å². The third-order valence-corrected chi connectivity index (χ3v) is 4.31. The van der Waals surface area contributed by atoms with Gasteiger partial charge in [-0.25, -0.2) is 4.39 Å². The predicted molar refractivity (Wildman–Crippen MR) is 79.5 cm³/mol. The van der Waals surface area contributed by atoms with Crippen LogP contribution in [0.5, 0.6) is 0 Å². The third kappa shape index (κ3) is 3.12.